The zero-order valence-corrected chi connectivity index (χ0v) is 17.8. The molecule has 0 fully saturated rings. The lowest BCUT2D eigenvalue weighted by Crippen LogP contribution is -1.98. The van der Waals surface area contributed by atoms with Gasteiger partial charge in [0.05, 0.1) is 17.5 Å². The van der Waals surface area contributed by atoms with E-state index < -0.39 is 0 Å². The third kappa shape index (κ3) is 3.65. The molecule has 0 saturated heterocycles. The molecule has 5 nitrogen and oxygen atoms in total. The number of benzene rings is 3. The fourth-order valence-corrected chi connectivity index (χ4v) is 3.93. The Bertz CT molecular complexity index is 1400. The summed E-state index contributed by atoms with van der Waals surface area (Å²) in [6, 6.07) is 21.8. The minimum absolute atomic E-state index is 0.290. The van der Waals surface area contributed by atoms with Crippen LogP contribution in [0.5, 0.6) is 5.75 Å². The highest BCUT2D eigenvalue weighted by Crippen LogP contribution is 2.37. The molecule has 0 saturated carbocycles. The van der Waals surface area contributed by atoms with Crippen LogP contribution in [0, 0.1) is 5.82 Å². The smallest absolute Gasteiger partial charge is 0.150 e. The van der Waals surface area contributed by atoms with Crippen LogP contribution in [0.25, 0.3) is 27.8 Å². The van der Waals surface area contributed by atoms with Crippen molar-refractivity contribution in [3.63, 3.8) is 0 Å². The number of anilines is 2. The van der Waals surface area contributed by atoms with Gasteiger partial charge in [-0.2, -0.15) is 0 Å². The zero-order valence-electron chi connectivity index (χ0n) is 17.1. The summed E-state index contributed by atoms with van der Waals surface area (Å²) in [7, 11) is 1.58. The lowest BCUT2D eigenvalue weighted by molar-refractivity contribution is 0.415. The van der Waals surface area contributed by atoms with Gasteiger partial charge in [0.1, 0.15) is 23.7 Å². The summed E-state index contributed by atoms with van der Waals surface area (Å²) in [6.07, 6.45) is 3.50. The van der Waals surface area contributed by atoms with Crippen LogP contribution in [0.2, 0.25) is 5.02 Å². The number of hydrogen-bond acceptors (Lipinski definition) is 4. The van der Waals surface area contributed by atoms with Crippen molar-refractivity contribution in [1.29, 1.82) is 0 Å². The molecule has 32 heavy (non-hydrogen) atoms. The largest absolute Gasteiger partial charge is 0.495 e. The molecule has 5 rings (SSSR count). The Morgan fingerprint density at radius 2 is 1.75 bits per heavy atom. The lowest BCUT2D eigenvalue weighted by atomic mass is 10.1. The van der Waals surface area contributed by atoms with Crippen molar-refractivity contribution in [2.45, 2.75) is 0 Å². The molecule has 0 spiro atoms. The Balaban J connectivity index is 1.70. The molecule has 2 aromatic heterocycles. The van der Waals surface area contributed by atoms with Gasteiger partial charge in [0.15, 0.2) is 5.65 Å². The van der Waals surface area contributed by atoms with Crippen LogP contribution in [0.4, 0.5) is 15.9 Å². The molecule has 2 heterocycles. The Labute approximate surface area is 189 Å². The second kappa shape index (κ2) is 8.32. The van der Waals surface area contributed by atoms with Gasteiger partial charge in [-0.3, -0.25) is 0 Å². The summed E-state index contributed by atoms with van der Waals surface area (Å²) in [5.41, 5.74) is 4.24. The van der Waals surface area contributed by atoms with E-state index in [-0.39, 0.29) is 5.82 Å². The van der Waals surface area contributed by atoms with Crippen molar-refractivity contribution < 1.29 is 9.13 Å². The number of nitrogens with one attached hydrogen (secondary N) is 1. The van der Waals surface area contributed by atoms with Crippen molar-refractivity contribution in [1.82, 2.24) is 14.5 Å². The molecule has 5 aromatic rings. The number of nitrogens with zero attached hydrogens (tertiary/aromatic N) is 3. The van der Waals surface area contributed by atoms with Gasteiger partial charge >= 0.3 is 0 Å². The maximum absolute atomic E-state index is 13.5. The van der Waals surface area contributed by atoms with E-state index in [2.05, 4.69) is 15.3 Å². The summed E-state index contributed by atoms with van der Waals surface area (Å²) < 4.78 is 20.7. The summed E-state index contributed by atoms with van der Waals surface area (Å²) in [4.78, 5) is 9.06. The number of ether oxygens (including phenoxy) is 1. The predicted molar refractivity (Wildman–Crippen MR) is 126 cm³/mol. The number of halogens is 2. The first kappa shape index (κ1) is 20.0. The van der Waals surface area contributed by atoms with Gasteiger partial charge < -0.3 is 14.6 Å². The highest BCUT2D eigenvalue weighted by atomic mass is 35.5. The van der Waals surface area contributed by atoms with E-state index in [0.29, 0.717) is 22.2 Å². The van der Waals surface area contributed by atoms with Gasteiger partial charge in [0, 0.05) is 23.1 Å². The molecule has 0 bridgehead atoms. The SMILES string of the molecule is COc1ccc(Nc2ncnc3c2c(-c2ccccc2)cn3-c2ccc(F)cc2)cc1Cl. The second-order valence-electron chi connectivity index (χ2n) is 7.15. The van der Waals surface area contributed by atoms with Crippen molar-refractivity contribution in [3.05, 3.63) is 96.2 Å². The van der Waals surface area contributed by atoms with E-state index in [0.717, 1.165) is 27.9 Å². The highest BCUT2D eigenvalue weighted by Gasteiger charge is 2.18. The topological polar surface area (TPSA) is 52.0 Å². The third-order valence-corrected chi connectivity index (χ3v) is 5.48. The van der Waals surface area contributed by atoms with E-state index in [1.807, 2.05) is 47.2 Å². The molecule has 0 unspecified atom stereocenters. The number of aromatic nitrogens is 3. The normalized spacial score (nSPS) is 11.0. The molecular formula is C25H18ClFN4O. The van der Waals surface area contributed by atoms with Crippen LogP contribution >= 0.6 is 11.6 Å². The quantitative estimate of drug-likeness (QED) is 0.330. The molecule has 1 N–H and O–H groups in total. The monoisotopic (exact) mass is 444 g/mol. The molecule has 0 amide bonds. The van der Waals surface area contributed by atoms with E-state index in [9.17, 15) is 4.39 Å². The first-order chi connectivity index (χ1) is 15.6. The number of hydrogen-bond donors (Lipinski definition) is 1. The van der Waals surface area contributed by atoms with Crippen molar-refractivity contribution >= 4 is 34.1 Å². The van der Waals surface area contributed by atoms with Gasteiger partial charge in [0.25, 0.3) is 0 Å². The molecule has 158 valence electrons. The molecule has 0 aliphatic carbocycles. The fraction of sp³-hybridized carbons (Fsp3) is 0.0400. The van der Waals surface area contributed by atoms with Crippen LogP contribution in [-0.2, 0) is 0 Å². The van der Waals surface area contributed by atoms with Crippen LogP contribution < -0.4 is 10.1 Å². The minimum atomic E-state index is -0.290. The van der Waals surface area contributed by atoms with Crippen LogP contribution in [0.3, 0.4) is 0 Å². The Morgan fingerprint density at radius 1 is 0.969 bits per heavy atom. The molecule has 0 aliphatic heterocycles. The standard InChI is InChI=1S/C25H18ClFN4O/c1-32-22-12-9-18(13-21(22)26)30-24-23-20(16-5-3-2-4-6-16)14-31(25(23)29-15-28-24)19-10-7-17(27)8-11-19/h2-15H,1H3,(H,28,29,30). The van der Waals surface area contributed by atoms with E-state index in [4.69, 9.17) is 16.3 Å². The molecule has 0 radical (unpaired) electrons. The predicted octanol–water partition coefficient (Wildman–Crippen LogP) is 6.63. The van der Waals surface area contributed by atoms with Gasteiger partial charge in [-0.15, -0.1) is 0 Å². The maximum Gasteiger partial charge on any atom is 0.150 e. The Morgan fingerprint density at radius 3 is 2.47 bits per heavy atom. The molecule has 7 heteroatoms. The van der Waals surface area contributed by atoms with Crippen molar-refractivity contribution in [2.24, 2.45) is 0 Å². The summed E-state index contributed by atoms with van der Waals surface area (Å²) in [5, 5.41) is 4.70. The number of fused-ring (bicyclic) bond motifs is 1. The Hall–Kier alpha value is -3.90. The Kier molecular flexibility index (Phi) is 5.21. The molecule has 0 atom stereocenters. The molecular weight excluding hydrogens is 427 g/mol. The van der Waals surface area contributed by atoms with E-state index >= 15 is 0 Å². The number of rotatable bonds is 5. The fourth-order valence-electron chi connectivity index (χ4n) is 3.67. The van der Waals surface area contributed by atoms with Crippen LogP contribution in [0.1, 0.15) is 0 Å². The second-order valence-corrected chi connectivity index (χ2v) is 7.56. The summed E-state index contributed by atoms with van der Waals surface area (Å²) in [6.45, 7) is 0. The zero-order chi connectivity index (χ0) is 22.1. The molecule has 3 aromatic carbocycles. The summed E-state index contributed by atoms with van der Waals surface area (Å²) in [5.74, 6) is 0.940. The van der Waals surface area contributed by atoms with E-state index in [1.165, 1.54) is 18.5 Å². The van der Waals surface area contributed by atoms with Gasteiger partial charge in [-0.1, -0.05) is 41.9 Å². The van der Waals surface area contributed by atoms with Crippen LogP contribution in [0.15, 0.2) is 85.3 Å². The first-order valence-corrected chi connectivity index (χ1v) is 10.3. The maximum atomic E-state index is 13.5. The third-order valence-electron chi connectivity index (χ3n) is 5.19. The van der Waals surface area contributed by atoms with Gasteiger partial charge in [0.2, 0.25) is 0 Å². The van der Waals surface area contributed by atoms with Crippen molar-refractivity contribution in [3.8, 4) is 22.6 Å². The molecule has 0 aliphatic rings. The van der Waals surface area contributed by atoms with Gasteiger partial charge in [-0.25, -0.2) is 14.4 Å². The number of methoxy groups -OCH3 is 1. The average Bonchev–Trinajstić information content (AvgIpc) is 3.21. The lowest BCUT2D eigenvalue weighted by Gasteiger charge is -2.10. The van der Waals surface area contributed by atoms with Crippen LogP contribution in [-0.4, -0.2) is 21.6 Å². The summed E-state index contributed by atoms with van der Waals surface area (Å²) >= 11 is 6.31. The average molecular weight is 445 g/mol. The van der Waals surface area contributed by atoms with Gasteiger partial charge in [-0.05, 0) is 48.0 Å². The highest BCUT2D eigenvalue weighted by molar-refractivity contribution is 6.32. The van der Waals surface area contributed by atoms with E-state index in [1.54, 1.807) is 31.4 Å². The van der Waals surface area contributed by atoms with Crippen molar-refractivity contribution in [2.75, 3.05) is 12.4 Å². The minimum Gasteiger partial charge on any atom is -0.495 e. The first-order valence-electron chi connectivity index (χ1n) is 9.92.